The molecule has 0 heterocycles. The molecule has 0 amide bonds. The van der Waals surface area contributed by atoms with E-state index in [-0.39, 0.29) is 0 Å². The summed E-state index contributed by atoms with van der Waals surface area (Å²) in [6.45, 7) is 3.51. The molecule has 0 fully saturated rings. The normalized spacial score (nSPS) is 9.27. The topological polar surface area (TPSA) is 9.23 Å². The summed E-state index contributed by atoms with van der Waals surface area (Å²) in [5, 5.41) is 0.635. The molecule has 0 aliphatic rings. The molecule has 0 atom stereocenters. The smallest absolute Gasteiger partial charge is 0.120 e. The van der Waals surface area contributed by atoms with E-state index in [1.807, 2.05) is 6.07 Å². The van der Waals surface area contributed by atoms with E-state index in [0.29, 0.717) is 5.02 Å². The molecule has 0 aromatic heterocycles. The van der Waals surface area contributed by atoms with Gasteiger partial charge < -0.3 is 4.74 Å². The van der Waals surface area contributed by atoms with Crippen LogP contribution in [0.15, 0.2) is 24.8 Å². The van der Waals surface area contributed by atoms with Crippen LogP contribution in [0.3, 0.4) is 0 Å². The molecule has 0 saturated carbocycles. The van der Waals surface area contributed by atoms with Crippen molar-refractivity contribution >= 4 is 11.6 Å². The molecule has 0 aliphatic heterocycles. The fourth-order valence-corrected chi connectivity index (χ4v) is 1.01. The van der Waals surface area contributed by atoms with Crippen molar-refractivity contribution in [1.82, 2.24) is 0 Å². The lowest BCUT2D eigenvalue weighted by Gasteiger charge is -2.00. The van der Waals surface area contributed by atoms with E-state index in [4.69, 9.17) is 16.3 Å². The molecular formula is C9H8ClO. The van der Waals surface area contributed by atoms with Crippen molar-refractivity contribution < 1.29 is 4.74 Å². The average Bonchev–Trinajstić information content (AvgIpc) is 2.03. The monoisotopic (exact) mass is 167 g/mol. The van der Waals surface area contributed by atoms with Gasteiger partial charge in [0.1, 0.15) is 5.75 Å². The summed E-state index contributed by atoms with van der Waals surface area (Å²) >= 11 is 5.76. The SMILES string of the molecule is C=[C]c1cc(Cl)cc(OC)c1. The minimum Gasteiger partial charge on any atom is -0.497 e. The molecule has 0 N–H and O–H groups in total. The number of rotatable bonds is 2. The second-order valence-electron chi connectivity index (χ2n) is 2.06. The van der Waals surface area contributed by atoms with Crippen LogP contribution in [0.2, 0.25) is 5.02 Å². The third kappa shape index (κ3) is 1.99. The third-order valence-corrected chi connectivity index (χ3v) is 1.53. The van der Waals surface area contributed by atoms with E-state index in [0.717, 1.165) is 11.3 Å². The third-order valence-electron chi connectivity index (χ3n) is 1.31. The number of methoxy groups -OCH3 is 1. The Morgan fingerprint density at radius 2 is 2.18 bits per heavy atom. The van der Waals surface area contributed by atoms with Gasteiger partial charge in [-0.05, 0) is 29.8 Å². The Morgan fingerprint density at radius 3 is 2.73 bits per heavy atom. The summed E-state index contributed by atoms with van der Waals surface area (Å²) in [5.74, 6) is 0.726. The van der Waals surface area contributed by atoms with Crippen LogP contribution < -0.4 is 4.74 Å². The number of hydrogen-bond donors (Lipinski definition) is 0. The van der Waals surface area contributed by atoms with Crippen LogP contribution in [-0.4, -0.2) is 7.11 Å². The van der Waals surface area contributed by atoms with Crippen LogP contribution in [0.25, 0.3) is 0 Å². The van der Waals surface area contributed by atoms with Crippen molar-refractivity contribution in [2.24, 2.45) is 0 Å². The van der Waals surface area contributed by atoms with Crippen molar-refractivity contribution in [3.63, 3.8) is 0 Å². The van der Waals surface area contributed by atoms with Gasteiger partial charge in [-0.1, -0.05) is 18.2 Å². The lowest BCUT2D eigenvalue weighted by atomic mass is 10.2. The largest absolute Gasteiger partial charge is 0.497 e. The van der Waals surface area contributed by atoms with E-state index in [2.05, 4.69) is 12.7 Å². The molecule has 0 spiro atoms. The molecule has 57 valence electrons. The molecule has 0 bridgehead atoms. The zero-order chi connectivity index (χ0) is 8.27. The quantitative estimate of drug-likeness (QED) is 0.658. The van der Waals surface area contributed by atoms with E-state index in [1.165, 1.54) is 0 Å². The number of ether oxygens (including phenoxy) is 1. The van der Waals surface area contributed by atoms with Gasteiger partial charge in [-0.2, -0.15) is 0 Å². The molecule has 1 nitrogen and oxygen atoms in total. The zero-order valence-electron chi connectivity index (χ0n) is 6.23. The highest BCUT2D eigenvalue weighted by atomic mass is 35.5. The average molecular weight is 168 g/mol. The van der Waals surface area contributed by atoms with Gasteiger partial charge in [0, 0.05) is 5.02 Å². The van der Waals surface area contributed by atoms with E-state index >= 15 is 0 Å². The summed E-state index contributed by atoms with van der Waals surface area (Å²) < 4.78 is 4.99. The number of halogens is 1. The standard InChI is InChI=1S/C9H8ClO/c1-3-7-4-8(10)6-9(5-7)11-2/h4-6H,1H2,2H3. The first-order valence-electron chi connectivity index (χ1n) is 3.14. The number of hydrogen-bond acceptors (Lipinski definition) is 1. The maximum Gasteiger partial charge on any atom is 0.120 e. The van der Waals surface area contributed by atoms with Gasteiger partial charge in [-0.15, -0.1) is 0 Å². The Hall–Kier alpha value is -0.950. The summed E-state index contributed by atoms with van der Waals surface area (Å²) in [5.41, 5.74) is 0.842. The summed E-state index contributed by atoms with van der Waals surface area (Å²) in [6, 6.07) is 5.33. The van der Waals surface area contributed by atoms with Crippen molar-refractivity contribution in [3.05, 3.63) is 41.4 Å². The summed E-state index contributed by atoms with van der Waals surface area (Å²) in [4.78, 5) is 0. The Morgan fingerprint density at radius 1 is 1.45 bits per heavy atom. The molecule has 0 aliphatic carbocycles. The fraction of sp³-hybridized carbons (Fsp3) is 0.111. The van der Waals surface area contributed by atoms with Crippen molar-refractivity contribution in [3.8, 4) is 5.75 Å². The van der Waals surface area contributed by atoms with E-state index in [9.17, 15) is 0 Å². The van der Waals surface area contributed by atoms with Crippen LogP contribution in [-0.2, 0) is 0 Å². The highest BCUT2D eigenvalue weighted by molar-refractivity contribution is 6.30. The molecular weight excluding hydrogens is 160 g/mol. The van der Waals surface area contributed by atoms with Gasteiger partial charge >= 0.3 is 0 Å². The molecule has 1 rings (SSSR count). The van der Waals surface area contributed by atoms with Crippen molar-refractivity contribution in [2.45, 2.75) is 0 Å². The first-order valence-corrected chi connectivity index (χ1v) is 3.51. The molecule has 1 aromatic rings. The maximum atomic E-state index is 5.76. The Balaban J connectivity index is 3.11. The maximum absolute atomic E-state index is 5.76. The van der Waals surface area contributed by atoms with E-state index in [1.54, 1.807) is 19.2 Å². The molecule has 1 aromatic carbocycles. The van der Waals surface area contributed by atoms with Crippen molar-refractivity contribution in [1.29, 1.82) is 0 Å². The van der Waals surface area contributed by atoms with Crippen LogP contribution in [0, 0.1) is 6.08 Å². The molecule has 11 heavy (non-hydrogen) atoms. The van der Waals surface area contributed by atoms with Gasteiger partial charge in [0.05, 0.1) is 7.11 Å². The minimum atomic E-state index is 0.635. The molecule has 2 heteroatoms. The summed E-state index contributed by atoms with van der Waals surface area (Å²) in [7, 11) is 1.60. The van der Waals surface area contributed by atoms with Crippen LogP contribution >= 0.6 is 11.6 Å². The van der Waals surface area contributed by atoms with Crippen LogP contribution in [0.5, 0.6) is 5.75 Å². The Kier molecular flexibility index (Phi) is 2.55. The highest BCUT2D eigenvalue weighted by Gasteiger charge is 1.95. The van der Waals surface area contributed by atoms with Gasteiger partial charge in [-0.25, -0.2) is 0 Å². The molecule has 0 unspecified atom stereocenters. The first kappa shape index (κ1) is 8.15. The van der Waals surface area contributed by atoms with Gasteiger partial charge in [-0.3, -0.25) is 0 Å². The second-order valence-corrected chi connectivity index (χ2v) is 2.49. The van der Waals surface area contributed by atoms with Crippen molar-refractivity contribution in [2.75, 3.05) is 7.11 Å². The van der Waals surface area contributed by atoms with Gasteiger partial charge in [0.2, 0.25) is 0 Å². The predicted octanol–water partition coefficient (Wildman–Crippen LogP) is 2.69. The highest BCUT2D eigenvalue weighted by Crippen LogP contribution is 2.20. The van der Waals surface area contributed by atoms with Gasteiger partial charge in [0.15, 0.2) is 0 Å². The van der Waals surface area contributed by atoms with Crippen LogP contribution in [0.4, 0.5) is 0 Å². The zero-order valence-corrected chi connectivity index (χ0v) is 6.98. The number of benzene rings is 1. The van der Waals surface area contributed by atoms with Gasteiger partial charge in [0.25, 0.3) is 0 Å². The lowest BCUT2D eigenvalue weighted by Crippen LogP contribution is -1.83. The first-order chi connectivity index (χ1) is 5.26. The fourth-order valence-electron chi connectivity index (χ4n) is 0.783. The van der Waals surface area contributed by atoms with Crippen LogP contribution in [0.1, 0.15) is 5.56 Å². The Labute approximate surface area is 71.3 Å². The minimum absolute atomic E-state index is 0.635. The molecule has 1 radical (unpaired) electrons. The second kappa shape index (κ2) is 3.44. The van der Waals surface area contributed by atoms with E-state index < -0.39 is 0 Å². The summed E-state index contributed by atoms with van der Waals surface area (Å²) in [6.07, 6.45) is 2.73. The lowest BCUT2D eigenvalue weighted by molar-refractivity contribution is 0.414. The molecule has 0 saturated heterocycles. The Bertz CT molecular complexity index is 268. The predicted molar refractivity (Wildman–Crippen MR) is 46.0 cm³/mol.